The van der Waals surface area contributed by atoms with Gasteiger partial charge in [-0.2, -0.15) is 4.98 Å². The van der Waals surface area contributed by atoms with E-state index in [2.05, 4.69) is 23.0 Å². The normalized spacial score (nSPS) is 10.7. The average Bonchev–Trinajstić information content (AvgIpc) is 2.59. The fourth-order valence-electron chi connectivity index (χ4n) is 1.29. The Kier molecular flexibility index (Phi) is 2.25. The minimum Gasteiger partial charge on any atom is -0.480 e. The van der Waals surface area contributed by atoms with Crippen LogP contribution in [0.2, 0.25) is 0 Å². The van der Waals surface area contributed by atoms with Gasteiger partial charge >= 0.3 is 0 Å². The zero-order chi connectivity index (χ0) is 10.1. The second kappa shape index (κ2) is 3.42. The summed E-state index contributed by atoms with van der Waals surface area (Å²) in [6.07, 6.45) is 0.990. The lowest BCUT2D eigenvalue weighted by Crippen LogP contribution is -1.96. The Bertz CT molecular complexity index is 466. The van der Waals surface area contributed by atoms with Gasteiger partial charge in [0.1, 0.15) is 4.83 Å². The number of methoxy groups -OCH3 is 1. The summed E-state index contributed by atoms with van der Waals surface area (Å²) in [6, 6.07) is 2.05. The van der Waals surface area contributed by atoms with E-state index in [0.29, 0.717) is 5.88 Å². The largest absolute Gasteiger partial charge is 0.480 e. The molecule has 2 rings (SSSR count). The maximum atomic E-state index is 5.56. The molecule has 0 atom stereocenters. The molecule has 0 aliphatic heterocycles. The van der Waals surface area contributed by atoms with E-state index in [9.17, 15) is 0 Å². The van der Waals surface area contributed by atoms with Crippen molar-refractivity contribution in [2.75, 3.05) is 12.8 Å². The first-order valence-corrected chi connectivity index (χ1v) is 5.16. The van der Waals surface area contributed by atoms with Gasteiger partial charge in [0, 0.05) is 4.88 Å². The summed E-state index contributed by atoms with van der Waals surface area (Å²) in [6.45, 7) is 2.11. The SMILES string of the molecule is CCc1cc2c(OC)nc(N)nc2s1. The van der Waals surface area contributed by atoms with Gasteiger partial charge in [-0.1, -0.05) is 6.92 Å². The summed E-state index contributed by atoms with van der Waals surface area (Å²) in [4.78, 5) is 10.3. The Morgan fingerprint density at radius 2 is 2.29 bits per heavy atom. The van der Waals surface area contributed by atoms with Crippen LogP contribution < -0.4 is 10.5 Å². The van der Waals surface area contributed by atoms with Gasteiger partial charge in [0.25, 0.3) is 0 Å². The Morgan fingerprint density at radius 3 is 2.93 bits per heavy atom. The number of hydrogen-bond acceptors (Lipinski definition) is 5. The molecule has 2 aromatic heterocycles. The van der Waals surface area contributed by atoms with Crippen LogP contribution in [0, 0.1) is 0 Å². The van der Waals surface area contributed by atoms with Gasteiger partial charge in [0.05, 0.1) is 12.5 Å². The molecule has 4 nitrogen and oxygen atoms in total. The molecule has 0 spiro atoms. The molecule has 5 heteroatoms. The Morgan fingerprint density at radius 1 is 1.50 bits per heavy atom. The molecule has 0 saturated carbocycles. The van der Waals surface area contributed by atoms with E-state index in [1.54, 1.807) is 18.4 Å². The van der Waals surface area contributed by atoms with Crippen molar-refractivity contribution >= 4 is 27.5 Å². The van der Waals surface area contributed by atoms with Crippen LogP contribution in [0.15, 0.2) is 6.07 Å². The third kappa shape index (κ3) is 1.39. The second-order valence-corrected chi connectivity index (χ2v) is 3.99. The number of fused-ring (bicyclic) bond motifs is 1. The zero-order valence-electron chi connectivity index (χ0n) is 8.07. The second-order valence-electron chi connectivity index (χ2n) is 2.88. The molecule has 0 unspecified atom stereocenters. The highest BCUT2D eigenvalue weighted by Gasteiger charge is 2.09. The maximum Gasteiger partial charge on any atom is 0.226 e. The minimum absolute atomic E-state index is 0.263. The summed E-state index contributed by atoms with van der Waals surface area (Å²) >= 11 is 1.63. The molecule has 0 radical (unpaired) electrons. The number of hydrogen-bond donors (Lipinski definition) is 1. The van der Waals surface area contributed by atoms with Crippen LogP contribution in [0.3, 0.4) is 0 Å². The molecule has 0 saturated heterocycles. The average molecular weight is 209 g/mol. The number of rotatable bonds is 2. The Balaban J connectivity index is 2.71. The molecule has 0 aliphatic rings. The summed E-state index contributed by atoms with van der Waals surface area (Å²) in [5.41, 5.74) is 5.56. The molecule has 0 bridgehead atoms. The summed E-state index contributed by atoms with van der Waals surface area (Å²) in [7, 11) is 1.59. The predicted molar refractivity (Wildman–Crippen MR) is 57.8 cm³/mol. The first kappa shape index (κ1) is 9.21. The Labute approximate surface area is 85.7 Å². The van der Waals surface area contributed by atoms with Gasteiger partial charge in [-0.3, -0.25) is 0 Å². The molecular formula is C9H11N3OS. The molecule has 2 heterocycles. The maximum absolute atomic E-state index is 5.56. The molecule has 0 aliphatic carbocycles. The lowest BCUT2D eigenvalue weighted by atomic mass is 10.3. The molecule has 2 N–H and O–H groups in total. The number of nitrogens with zero attached hydrogens (tertiary/aromatic N) is 2. The highest BCUT2D eigenvalue weighted by atomic mass is 32.1. The van der Waals surface area contributed by atoms with Gasteiger partial charge in [-0.05, 0) is 12.5 Å². The molecule has 0 fully saturated rings. The minimum atomic E-state index is 0.263. The lowest BCUT2D eigenvalue weighted by Gasteiger charge is -1.99. The van der Waals surface area contributed by atoms with Crippen molar-refractivity contribution in [1.29, 1.82) is 0 Å². The van der Waals surface area contributed by atoms with Crippen LogP contribution in [0.5, 0.6) is 5.88 Å². The summed E-state index contributed by atoms with van der Waals surface area (Å²) in [5, 5.41) is 0.948. The van der Waals surface area contributed by atoms with Crippen molar-refractivity contribution < 1.29 is 4.74 Å². The highest BCUT2D eigenvalue weighted by Crippen LogP contribution is 2.30. The topological polar surface area (TPSA) is 61.0 Å². The number of aromatic nitrogens is 2. The van der Waals surface area contributed by atoms with E-state index < -0.39 is 0 Å². The first-order chi connectivity index (χ1) is 6.74. The zero-order valence-corrected chi connectivity index (χ0v) is 8.89. The quantitative estimate of drug-likeness (QED) is 0.819. The molecule has 2 aromatic rings. The van der Waals surface area contributed by atoms with Crippen LogP contribution in [0.4, 0.5) is 5.95 Å². The van der Waals surface area contributed by atoms with Crippen molar-refractivity contribution in [2.45, 2.75) is 13.3 Å². The van der Waals surface area contributed by atoms with Crippen molar-refractivity contribution in [3.63, 3.8) is 0 Å². The standard InChI is InChI=1S/C9H11N3OS/c1-3-5-4-6-7(13-2)11-9(10)12-8(6)14-5/h4H,3H2,1-2H3,(H2,10,11,12). The molecule has 14 heavy (non-hydrogen) atoms. The van der Waals surface area contributed by atoms with E-state index in [1.807, 2.05) is 0 Å². The Hall–Kier alpha value is -1.36. The van der Waals surface area contributed by atoms with E-state index in [-0.39, 0.29) is 5.95 Å². The summed E-state index contributed by atoms with van der Waals surface area (Å²) in [5.74, 6) is 0.822. The number of thiophene rings is 1. The van der Waals surface area contributed by atoms with Crippen LogP contribution >= 0.6 is 11.3 Å². The molecule has 0 aromatic carbocycles. The van der Waals surface area contributed by atoms with Crippen LogP contribution in [0.25, 0.3) is 10.2 Å². The monoisotopic (exact) mass is 209 g/mol. The molecule has 74 valence electrons. The number of anilines is 1. The van der Waals surface area contributed by atoms with Gasteiger partial charge in [-0.25, -0.2) is 4.98 Å². The molecule has 0 amide bonds. The van der Waals surface area contributed by atoms with Gasteiger partial charge in [-0.15, -0.1) is 11.3 Å². The van der Waals surface area contributed by atoms with E-state index >= 15 is 0 Å². The van der Waals surface area contributed by atoms with E-state index in [0.717, 1.165) is 16.6 Å². The fourth-order valence-corrected chi connectivity index (χ4v) is 2.26. The first-order valence-electron chi connectivity index (χ1n) is 4.34. The van der Waals surface area contributed by atoms with Gasteiger partial charge in [0.2, 0.25) is 11.8 Å². The molecular weight excluding hydrogens is 198 g/mol. The van der Waals surface area contributed by atoms with Crippen molar-refractivity contribution in [3.05, 3.63) is 10.9 Å². The van der Waals surface area contributed by atoms with Crippen LogP contribution in [-0.2, 0) is 6.42 Å². The third-order valence-electron chi connectivity index (χ3n) is 1.97. The summed E-state index contributed by atoms with van der Waals surface area (Å²) < 4.78 is 5.14. The van der Waals surface area contributed by atoms with Crippen molar-refractivity contribution in [3.8, 4) is 5.88 Å². The third-order valence-corrected chi connectivity index (χ3v) is 3.14. The predicted octanol–water partition coefficient (Wildman–Crippen LogP) is 1.84. The van der Waals surface area contributed by atoms with E-state index in [4.69, 9.17) is 10.5 Å². The van der Waals surface area contributed by atoms with Crippen LogP contribution in [0.1, 0.15) is 11.8 Å². The number of nitrogens with two attached hydrogens (primary N) is 1. The van der Waals surface area contributed by atoms with Gasteiger partial charge < -0.3 is 10.5 Å². The fraction of sp³-hybridized carbons (Fsp3) is 0.333. The van der Waals surface area contributed by atoms with E-state index in [1.165, 1.54) is 4.88 Å². The van der Waals surface area contributed by atoms with Crippen molar-refractivity contribution in [1.82, 2.24) is 9.97 Å². The van der Waals surface area contributed by atoms with Crippen molar-refractivity contribution in [2.24, 2.45) is 0 Å². The smallest absolute Gasteiger partial charge is 0.226 e. The number of aryl methyl sites for hydroxylation is 1. The highest BCUT2D eigenvalue weighted by molar-refractivity contribution is 7.18. The number of ether oxygens (including phenoxy) is 1. The lowest BCUT2D eigenvalue weighted by molar-refractivity contribution is 0.403. The van der Waals surface area contributed by atoms with Crippen LogP contribution in [-0.4, -0.2) is 17.1 Å². The van der Waals surface area contributed by atoms with Gasteiger partial charge in [0.15, 0.2) is 0 Å². The number of nitrogen functional groups attached to an aromatic ring is 1.